The summed E-state index contributed by atoms with van der Waals surface area (Å²) in [5.41, 5.74) is 9.82. The summed E-state index contributed by atoms with van der Waals surface area (Å²) in [6, 6.07) is 7.83. The van der Waals surface area contributed by atoms with Crippen molar-refractivity contribution in [3.05, 3.63) is 34.5 Å². The van der Waals surface area contributed by atoms with Crippen molar-refractivity contribution in [1.82, 2.24) is 0 Å². The minimum Gasteiger partial charge on any atom is -0.399 e. The number of hydrogen-bond donors (Lipinski definition) is 3. The average Bonchev–Trinajstić information content (AvgIpc) is 2.85. The van der Waals surface area contributed by atoms with Gasteiger partial charge in [-0.2, -0.15) is 0 Å². The van der Waals surface area contributed by atoms with E-state index in [2.05, 4.69) is 18.4 Å². The molecule has 5 heteroatoms. The number of nitrogens with zero attached hydrogens (tertiary/aromatic N) is 1. The van der Waals surface area contributed by atoms with E-state index in [4.69, 9.17) is 5.73 Å². The van der Waals surface area contributed by atoms with Crippen molar-refractivity contribution in [2.24, 2.45) is 0 Å². The van der Waals surface area contributed by atoms with E-state index in [1.165, 1.54) is 4.88 Å². The van der Waals surface area contributed by atoms with Crippen molar-refractivity contribution in [2.45, 2.75) is 6.92 Å². The normalized spacial score (nSPS) is 10.8. The minimum absolute atomic E-state index is 0.0481. The summed E-state index contributed by atoms with van der Waals surface area (Å²) in [6.45, 7) is 3.15. The van der Waals surface area contributed by atoms with Crippen LogP contribution in [-0.2, 0) is 0 Å². The van der Waals surface area contributed by atoms with Crippen LogP contribution in [0.1, 0.15) is 4.88 Å². The van der Waals surface area contributed by atoms with Gasteiger partial charge >= 0.3 is 0 Å². The molecule has 1 aromatic carbocycles. The molecule has 0 atom stereocenters. The summed E-state index contributed by atoms with van der Waals surface area (Å²) in [4.78, 5) is 3.20. The average molecular weight is 292 g/mol. The van der Waals surface area contributed by atoms with Crippen molar-refractivity contribution in [2.75, 3.05) is 36.9 Å². The number of hydrogen-bond acceptors (Lipinski definition) is 5. The third-order valence-electron chi connectivity index (χ3n) is 3.25. The lowest BCUT2D eigenvalue weighted by Gasteiger charge is -2.26. The Morgan fingerprint density at radius 3 is 2.35 bits per heavy atom. The van der Waals surface area contributed by atoms with E-state index in [1.54, 1.807) is 11.3 Å². The SMILES string of the molecule is Cc1sccc1-c1cc(N)ccc1N(CCO)CCO. The van der Waals surface area contributed by atoms with Crippen molar-refractivity contribution in [3.8, 4) is 11.1 Å². The topological polar surface area (TPSA) is 69.7 Å². The highest BCUT2D eigenvalue weighted by molar-refractivity contribution is 7.10. The second-order valence-corrected chi connectivity index (χ2v) is 5.72. The molecule has 108 valence electrons. The molecule has 0 aliphatic rings. The summed E-state index contributed by atoms with van der Waals surface area (Å²) in [5, 5.41) is 20.5. The molecule has 0 saturated carbocycles. The van der Waals surface area contributed by atoms with Crippen molar-refractivity contribution in [3.63, 3.8) is 0 Å². The third-order valence-corrected chi connectivity index (χ3v) is 4.10. The number of nitrogens with two attached hydrogens (primary N) is 1. The lowest BCUT2D eigenvalue weighted by Crippen LogP contribution is -2.30. The van der Waals surface area contributed by atoms with Crippen molar-refractivity contribution >= 4 is 22.7 Å². The Labute approximate surface area is 123 Å². The summed E-state index contributed by atoms with van der Waals surface area (Å²) in [7, 11) is 0. The fourth-order valence-corrected chi connectivity index (χ4v) is 3.02. The van der Waals surface area contributed by atoms with Crippen LogP contribution in [0, 0.1) is 6.92 Å². The highest BCUT2D eigenvalue weighted by Crippen LogP contribution is 2.36. The van der Waals surface area contributed by atoms with Gasteiger partial charge in [-0.3, -0.25) is 0 Å². The molecule has 0 unspecified atom stereocenters. The third kappa shape index (κ3) is 3.12. The van der Waals surface area contributed by atoms with E-state index in [0.717, 1.165) is 16.8 Å². The molecule has 0 fully saturated rings. The zero-order chi connectivity index (χ0) is 14.5. The number of rotatable bonds is 6. The Morgan fingerprint density at radius 1 is 1.10 bits per heavy atom. The Balaban J connectivity index is 2.49. The molecule has 1 heterocycles. The Morgan fingerprint density at radius 2 is 1.80 bits per heavy atom. The van der Waals surface area contributed by atoms with Crippen LogP contribution in [0.15, 0.2) is 29.6 Å². The molecule has 2 rings (SSSR count). The van der Waals surface area contributed by atoms with Gasteiger partial charge in [0.05, 0.1) is 13.2 Å². The quantitative estimate of drug-likeness (QED) is 0.713. The molecule has 0 bridgehead atoms. The highest BCUT2D eigenvalue weighted by Gasteiger charge is 2.14. The maximum absolute atomic E-state index is 9.21. The van der Waals surface area contributed by atoms with Gasteiger partial charge in [0, 0.05) is 34.9 Å². The Bertz CT molecular complexity index is 563. The van der Waals surface area contributed by atoms with E-state index in [9.17, 15) is 10.2 Å². The van der Waals surface area contributed by atoms with Crippen LogP contribution in [0.3, 0.4) is 0 Å². The van der Waals surface area contributed by atoms with E-state index >= 15 is 0 Å². The molecule has 4 nitrogen and oxygen atoms in total. The van der Waals surface area contributed by atoms with Crippen LogP contribution < -0.4 is 10.6 Å². The van der Waals surface area contributed by atoms with Crippen molar-refractivity contribution in [1.29, 1.82) is 0 Å². The van der Waals surface area contributed by atoms with Gasteiger partial charge in [0.15, 0.2) is 0 Å². The summed E-state index contributed by atoms with van der Waals surface area (Å²) < 4.78 is 0. The first-order valence-corrected chi connectivity index (χ1v) is 7.46. The zero-order valence-electron chi connectivity index (χ0n) is 11.5. The van der Waals surface area contributed by atoms with Gasteiger partial charge in [-0.1, -0.05) is 0 Å². The molecule has 0 radical (unpaired) electrons. The first kappa shape index (κ1) is 14.8. The molecule has 4 N–H and O–H groups in total. The van der Waals surface area contributed by atoms with Gasteiger partial charge in [-0.25, -0.2) is 0 Å². The van der Waals surface area contributed by atoms with E-state index in [-0.39, 0.29) is 13.2 Å². The van der Waals surface area contributed by atoms with E-state index in [0.29, 0.717) is 18.8 Å². The highest BCUT2D eigenvalue weighted by atomic mass is 32.1. The molecule has 1 aromatic heterocycles. The second kappa shape index (κ2) is 6.74. The summed E-state index contributed by atoms with van der Waals surface area (Å²) >= 11 is 1.69. The van der Waals surface area contributed by atoms with Crippen LogP contribution in [0.25, 0.3) is 11.1 Å². The largest absolute Gasteiger partial charge is 0.399 e. The summed E-state index contributed by atoms with van der Waals surface area (Å²) in [5.74, 6) is 0. The Hall–Kier alpha value is -1.56. The lowest BCUT2D eigenvalue weighted by molar-refractivity contribution is 0.281. The van der Waals surface area contributed by atoms with Gasteiger partial charge in [0.1, 0.15) is 0 Å². The molecule has 0 saturated heterocycles. The second-order valence-electron chi connectivity index (χ2n) is 4.60. The monoisotopic (exact) mass is 292 g/mol. The van der Waals surface area contributed by atoms with Crippen LogP contribution in [0.2, 0.25) is 0 Å². The molecular weight excluding hydrogens is 272 g/mol. The molecule has 0 amide bonds. The molecule has 0 aliphatic heterocycles. The smallest absolute Gasteiger partial charge is 0.0606 e. The molecule has 2 aromatic rings. The van der Waals surface area contributed by atoms with Gasteiger partial charge < -0.3 is 20.8 Å². The first-order chi connectivity index (χ1) is 9.67. The maximum Gasteiger partial charge on any atom is 0.0606 e. The molecule has 0 aliphatic carbocycles. The Kier molecular flexibility index (Phi) is 5.00. The predicted octanol–water partition coefficient (Wildman–Crippen LogP) is 2.10. The molecule has 20 heavy (non-hydrogen) atoms. The van der Waals surface area contributed by atoms with Gasteiger partial charge in [0.2, 0.25) is 0 Å². The van der Waals surface area contributed by atoms with Gasteiger partial charge in [-0.05, 0) is 42.1 Å². The van der Waals surface area contributed by atoms with Gasteiger partial charge in [0.25, 0.3) is 0 Å². The number of aliphatic hydroxyl groups is 2. The molecule has 0 spiro atoms. The van der Waals surface area contributed by atoms with Crippen LogP contribution in [0.5, 0.6) is 0 Å². The number of anilines is 2. The number of thiophene rings is 1. The van der Waals surface area contributed by atoms with Gasteiger partial charge in [-0.15, -0.1) is 11.3 Å². The van der Waals surface area contributed by atoms with Crippen LogP contribution in [-0.4, -0.2) is 36.5 Å². The summed E-state index contributed by atoms with van der Waals surface area (Å²) in [6.07, 6.45) is 0. The fraction of sp³-hybridized carbons (Fsp3) is 0.333. The maximum atomic E-state index is 9.21. The van der Waals surface area contributed by atoms with Crippen LogP contribution >= 0.6 is 11.3 Å². The number of aliphatic hydroxyl groups excluding tert-OH is 2. The standard InChI is InChI=1S/C15H20N2O2S/c1-11-13(4-9-20-11)14-10-12(16)2-3-15(14)17(5-7-18)6-8-19/h2-4,9-10,18-19H,5-8,16H2,1H3. The number of nitrogen functional groups attached to an aromatic ring is 1. The number of benzene rings is 1. The van der Waals surface area contributed by atoms with Crippen LogP contribution in [0.4, 0.5) is 11.4 Å². The van der Waals surface area contributed by atoms with E-state index in [1.807, 2.05) is 23.1 Å². The zero-order valence-corrected chi connectivity index (χ0v) is 12.4. The predicted molar refractivity (Wildman–Crippen MR) is 85.3 cm³/mol. The fourth-order valence-electron chi connectivity index (χ4n) is 2.30. The number of aryl methyl sites for hydroxylation is 1. The first-order valence-electron chi connectivity index (χ1n) is 6.58. The molecular formula is C15H20N2O2S. The van der Waals surface area contributed by atoms with Crippen molar-refractivity contribution < 1.29 is 10.2 Å². The lowest BCUT2D eigenvalue weighted by atomic mass is 10.0. The van der Waals surface area contributed by atoms with E-state index < -0.39 is 0 Å². The minimum atomic E-state index is 0.0481.